The van der Waals surface area contributed by atoms with Gasteiger partial charge in [0.05, 0.1) is 55.3 Å². The van der Waals surface area contributed by atoms with Crippen LogP contribution in [0.1, 0.15) is 48.8 Å². The first-order valence-electron chi connectivity index (χ1n) is 14.6. The molecule has 4 aromatic rings. The van der Waals surface area contributed by atoms with Gasteiger partial charge in [0.1, 0.15) is 17.1 Å². The molecule has 1 unspecified atom stereocenters. The Hall–Kier alpha value is -4.53. The second kappa shape index (κ2) is 13.3. The third-order valence-electron chi connectivity index (χ3n) is 7.40. The molecule has 7 heterocycles. The van der Waals surface area contributed by atoms with Crippen LogP contribution in [0.4, 0.5) is 36.3 Å². The number of nitrogens with zero attached hydrogens (tertiary/aromatic N) is 5. The summed E-state index contributed by atoms with van der Waals surface area (Å²) in [7, 11) is -0.812. The van der Waals surface area contributed by atoms with Crippen LogP contribution in [0.25, 0.3) is 11.3 Å². The molecule has 3 aromatic heterocycles. The molecule has 47 heavy (non-hydrogen) atoms. The molecule has 17 heteroatoms. The van der Waals surface area contributed by atoms with E-state index in [1.807, 2.05) is 13.8 Å². The number of ether oxygens (including phenoxy) is 1. The molecule has 3 N–H and O–H groups in total. The van der Waals surface area contributed by atoms with E-state index in [0.717, 1.165) is 0 Å². The molecule has 8 bridgehead atoms. The van der Waals surface area contributed by atoms with Gasteiger partial charge in [0.25, 0.3) is 5.91 Å². The van der Waals surface area contributed by atoms with Gasteiger partial charge < -0.3 is 29.7 Å². The number of aromatic nitrogens is 5. The largest absolute Gasteiger partial charge is 0.495 e. The maximum Gasteiger partial charge on any atom is 0.421 e. The van der Waals surface area contributed by atoms with Gasteiger partial charge in [-0.3, -0.25) is 14.0 Å². The Morgan fingerprint density at radius 2 is 1.91 bits per heavy atom. The molecular weight excluding hydrogens is 640 g/mol. The first kappa shape index (κ1) is 33.8. The highest BCUT2D eigenvalue weighted by atomic mass is 31.2. The number of nitrogens with one attached hydrogen (secondary N) is 3. The van der Waals surface area contributed by atoms with E-state index in [2.05, 4.69) is 36.0 Å². The fourth-order valence-electron chi connectivity index (χ4n) is 4.83. The lowest BCUT2D eigenvalue weighted by molar-refractivity contribution is -0.137. The summed E-state index contributed by atoms with van der Waals surface area (Å²) in [6.45, 7) is 5.84. The van der Waals surface area contributed by atoms with Crippen molar-refractivity contribution >= 4 is 36.6 Å². The van der Waals surface area contributed by atoms with Crippen LogP contribution >= 0.6 is 7.60 Å². The number of alkyl halides is 3. The second-order valence-electron chi connectivity index (χ2n) is 11.2. The number of halogens is 3. The summed E-state index contributed by atoms with van der Waals surface area (Å²) in [5.41, 5.74) is -0.142. The molecule has 250 valence electrons. The van der Waals surface area contributed by atoms with E-state index in [-0.39, 0.29) is 42.5 Å². The van der Waals surface area contributed by atoms with Crippen LogP contribution in [0.5, 0.6) is 5.75 Å². The third kappa shape index (κ3) is 7.56. The SMILES string of the molecule is CCOP1(=O)Cc2ccc(c(OC)c2)Nc2ncc(C(F)(F)F)c(n2)Nc2ccc(nc2C(=O)NC)-c2cnn(c2)C(C)(C)CCO1. The number of hydrogen-bond acceptors (Lipinski definition) is 11. The van der Waals surface area contributed by atoms with Crippen LogP contribution in [0.3, 0.4) is 0 Å². The molecule has 1 aromatic carbocycles. The predicted octanol–water partition coefficient (Wildman–Crippen LogP) is 6.49. The smallest absolute Gasteiger partial charge is 0.421 e. The first-order valence-corrected chi connectivity index (χ1v) is 16.3. The Morgan fingerprint density at radius 3 is 2.62 bits per heavy atom. The minimum Gasteiger partial charge on any atom is -0.495 e. The molecule has 0 saturated heterocycles. The molecule has 8 rings (SSSR count). The van der Waals surface area contributed by atoms with Gasteiger partial charge in [-0.1, -0.05) is 6.07 Å². The van der Waals surface area contributed by atoms with Gasteiger partial charge in [0.15, 0.2) is 5.69 Å². The molecule has 1 atom stereocenters. The number of carbonyl (C=O) groups is 1. The Morgan fingerprint density at radius 1 is 1.15 bits per heavy atom. The van der Waals surface area contributed by atoms with Crippen LogP contribution in [-0.4, -0.2) is 58.0 Å². The first-order chi connectivity index (χ1) is 22.2. The zero-order valence-corrected chi connectivity index (χ0v) is 27.2. The lowest BCUT2D eigenvalue weighted by Gasteiger charge is -2.26. The number of benzene rings is 1. The van der Waals surface area contributed by atoms with Crippen molar-refractivity contribution < 1.29 is 36.3 Å². The van der Waals surface area contributed by atoms with Crippen molar-refractivity contribution in [3.05, 3.63) is 65.7 Å². The summed E-state index contributed by atoms with van der Waals surface area (Å²) in [5, 5.41) is 12.5. The molecule has 0 spiro atoms. The maximum atomic E-state index is 14.1. The third-order valence-corrected chi connectivity index (χ3v) is 9.38. The molecular formula is C30H34F3N8O5P. The molecule has 4 aliphatic heterocycles. The second-order valence-corrected chi connectivity index (χ2v) is 13.2. The minimum absolute atomic E-state index is 0.0177. The lowest BCUT2D eigenvalue weighted by atomic mass is 10.0. The molecule has 4 aliphatic rings. The molecule has 1 amide bonds. The van der Waals surface area contributed by atoms with Crippen LogP contribution in [-0.2, 0) is 31.5 Å². The van der Waals surface area contributed by atoms with E-state index in [0.29, 0.717) is 35.1 Å². The predicted molar refractivity (Wildman–Crippen MR) is 168 cm³/mol. The quantitative estimate of drug-likeness (QED) is 0.203. The van der Waals surface area contributed by atoms with Gasteiger partial charge >= 0.3 is 13.8 Å². The lowest BCUT2D eigenvalue weighted by Crippen LogP contribution is -2.28. The van der Waals surface area contributed by atoms with Gasteiger partial charge in [-0.15, -0.1) is 0 Å². The number of rotatable bonds is 4. The topological polar surface area (TPSA) is 154 Å². The zero-order chi connectivity index (χ0) is 34.0. The van der Waals surface area contributed by atoms with Gasteiger partial charge in [-0.2, -0.15) is 23.3 Å². The zero-order valence-electron chi connectivity index (χ0n) is 26.3. The molecule has 0 aliphatic carbocycles. The molecule has 13 nitrogen and oxygen atoms in total. The number of carbonyl (C=O) groups excluding carboxylic acids is 1. The van der Waals surface area contributed by atoms with E-state index in [9.17, 15) is 22.5 Å². The standard InChI is InChI=1S/C30H34F3N8O5P/c1-6-45-47(43)17-18-7-8-22(24(13-18)44-5)39-28-35-15-20(30(31,32)33)26(40-28)38-23-10-9-21(37-25(23)27(42)34-4)19-14-36-41(16-19)29(2,3)11-12-46-47/h7-10,13-16H,6,11-12,17H2,1-5H3,(H,34,42)(H2,35,38,39,40). The highest BCUT2D eigenvalue weighted by Crippen LogP contribution is 2.52. The molecule has 0 radical (unpaired) electrons. The van der Waals surface area contributed by atoms with Crippen LogP contribution in [0.2, 0.25) is 0 Å². The summed E-state index contributed by atoms with van der Waals surface area (Å²) in [5.74, 6) is -1.17. The van der Waals surface area contributed by atoms with Crippen molar-refractivity contribution in [3.63, 3.8) is 0 Å². The van der Waals surface area contributed by atoms with Crippen molar-refractivity contribution in [2.45, 2.75) is 45.1 Å². The summed E-state index contributed by atoms with van der Waals surface area (Å²) in [6, 6.07) is 7.86. The van der Waals surface area contributed by atoms with Crippen LogP contribution in [0, 0.1) is 0 Å². The Bertz CT molecular complexity index is 1830. The monoisotopic (exact) mass is 674 g/mol. The van der Waals surface area contributed by atoms with E-state index in [1.165, 1.54) is 20.2 Å². The fourth-order valence-corrected chi connectivity index (χ4v) is 6.49. The van der Waals surface area contributed by atoms with E-state index in [4.69, 9.17) is 13.8 Å². The molecule has 0 fully saturated rings. The van der Waals surface area contributed by atoms with Crippen molar-refractivity contribution in [1.29, 1.82) is 0 Å². The maximum absolute atomic E-state index is 14.1. The summed E-state index contributed by atoms with van der Waals surface area (Å²) >= 11 is 0. The van der Waals surface area contributed by atoms with E-state index < -0.39 is 36.6 Å². The summed E-state index contributed by atoms with van der Waals surface area (Å²) in [6.07, 6.45) is -0.545. The minimum atomic E-state index is -4.83. The van der Waals surface area contributed by atoms with Crippen LogP contribution in [0.15, 0.2) is 48.9 Å². The van der Waals surface area contributed by atoms with Gasteiger partial charge in [-0.05, 0) is 57.0 Å². The molecule has 0 saturated carbocycles. The highest BCUT2D eigenvalue weighted by Gasteiger charge is 2.36. The van der Waals surface area contributed by atoms with Crippen molar-refractivity contribution in [3.8, 4) is 17.0 Å². The number of amides is 1. The number of pyridine rings is 1. The van der Waals surface area contributed by atoms with E-state index in [1.54, 1.807) is 48.3 Å². The van der Waals surface area contributed by atoms with Crippen molar-refractivity contribution in [1.82, 2.24) is 30.0 Å². The van der Waals surface area contributed by atoms with E-state index >= 15 is 0 Å². The Kier molecular flexibility index (Phi) is 9.57. The Balaban J connectivity index is 1.66. The van der Waals surface area contributed by atoms with Crippen molar-refractivity contribution in [2.75, 3.05) is 38.0 Å². The average Bonchev–Trinajstić information content (AvgIpc) is 3.52. The van der Waals surface area contributed by atoms with Crippen molar-refractivity contribution in [2.24, 2.45) is 0 Å². The number of hydrogen-bond donors (Lipinski definition) is 3. The number of methoxy groups -OCH3 is 1. The fraction of sp³-hybridized carbons (Fsp3) is 0.367. The highest BCUT2D eigenvalue weighted by molar-refractivity contribution is 7.53. The van der Waals surface area contributed by atoms with Gasteiger partial charge in [0.2, 0.25) is 5.95 Å². The number of anilines is 4. The van der Waals surface area contributed by atoms with Crippen LogP contribution < -0.4 is 20.7 Å². The van der Waals surface area contributed by atoms with Gasteiger partial charge in [-0.25, -0.2) is 9.97 Å². The van der Waals surface area contributed by atoms with Gasteiger partial charge in [0, 0.05) is 25.0 Å². The average molecular weight is 675 g/mol. The summed E-state index contributed by atoms with van der Waals surface area (Å²) in [4.78, 5) is 25.4. The normalized spacial score (nSPS) is 18.0. The summed E-state index contributed by atoms with van der Waals surface area (Å²) < 4.78 is 74.8. The Labute approximate surface area is 268 Å².